The maximum absolute atomic E-state index is 11.5. The highest BCUT2D eigenvalue weighted by molar-refractivity contribution is 9.10. The number of ketones is 1. The van der Waals surface area contributed by atoms with Crippen molar-refractivity contribution in [2.24, 2.45) is 0 Å². The van der Waals surface area contributed by atoms with Gasteiger partial charge in [0.2, 0.25) is 0 Å². The van der Waals surface area contributed by atoms with E-state index in [0.29, 0.717) is 10.1 Å². The van der Waals surface area contributed by atoms with E-state index in [1.165, 1.54) is 6.92 Å². The summed E-state index contributed by atoms with van der Waals surface area (Å²) in [4.78, 5) is 22.7. The zero-order chi connectivity index (χ0) is 11.0. The van der Waals surface area contributed by atoms with Crippen LogP contribution >= 0.6 is 15.9 Å². The van der Waals surface area contributed by atoms with Gasteiger partial charge in [-0.3, -0.25) is 4.79 Å². The average molecular weight is 267 g/mol. The fourth-order valence-electron chi connectivity index (χ4n) is 1.41. The summed E-state index contributed by atoms with van der Waals surface area (Å²) >= 11 is 3.25. The Morgan fingerprint density at radius 3 is 2.67 bits per heavy atom. The Hall–Kier alpha value is -1.42. The van der Waals surface area contributed by atoms with Gasteiger partial charge in [0.15, 0.2) is 5.78 Å². The second kappa shape index (κ2) is 3.62. The zero-order valence-corrected chi connectivity index (χ0v) is 9.50. The molecule has 0 N–H and O–H groups in total. The summed E-state index contributed by atoms with van der Waals surface area (Å²) < 4.78 is 5.53. The molecule has 0 aliphatic carbocycles. The van der Waals surface area contributed by atoms with Crippen LogP contribution in [0.25, 0.3) is 11.0 Å². The van der Waals surface area contributed by atoms with Crippen molar-refractivity contribution in [2.75, 3.05) is 0 Å². The van der Waals surface area contributed by atoms with Crippen LogP contribution in [0.4, 0.5) is 0 Å². The minimum Gasteiger partial charge on any atom is -0.422 e. The number of Topliss-reactive ketones (excluding diaryl/α,β-unsaturated/α-hetero) is 1. The van der Waals surface area contributed by atoms with Crippen LogP contribution in [0.5, 0.6) is 0 Å². The summed E-state index contributed by atoms with van der Waals surface area (Å²) in [5.41, 5.74) is -0.0684. The minimum atomic E-state index is -0.604. The van der Waals surface area contributed by atoms with Crippen LogP contribution in [-0.4, -0.2) is 5.78 Å². The number of hydrogen-bond donors (Lipinski definition) is 0. The molecule has 0 spiro atoms. The van der Waals surface area contributed by atoms with E-state index in [2.05, 4.69) is 15.9 Å². The molecule has 2 rings (SSSR count). The van der Waals surface area contributed by atoms with Crippen LogP contribution in [0.2, 0.25) is 0 Å². The van der Waals surface area contributed by atoms with Crippen molar-refractivity contribution in [3.63, 3.8) is 0 Å². The van der Waals surface area contributed by atoms with Gasteiger partial charge >= 0.3 is 5.63 Å². The molecule has 0 saturated heterocycles. The first-order chi connectivity index (χ1) is 7.11. The number of rotatable bonds is 1. The van der Waals surface area contributed by atoms with Gasteiger partial charge in [-0.1, -0.05) is 18.2 Å². The van der Waals surface area contributed by atoms with Gasteiger partial charge in [0.25, 0.3) is 0 Å². The molecule has 15 heavy (non-hydrogen) atoms. The number of benzene rings is 1. The molecule has 0 saturated carbocycles. The quantitative estimate of drug-likeness (QED) is 0.589. The number of fused-ring (bicyclic) bond motifs is 1. The molecule has 1 aromatic heterocycles. The fourth-order valence-corrected chi connectivity index (χ4v) is 2.18. The number of carbonyl (C=O) groups excluding carboxylic acids is 1. The first-order valence-electron chi connectivity index (χ1n) is 4.33. The van der Waals surface area contributed by atoms with Gasteiger partial charge in [-0.25, -0.2) is 4.79 Å². The summed E-state index contributed by atoms with van der Waals surface area (Å²) in [5, 5.41) is 0.724. The molecule has 4 heteroatoms. The predicted molar refractivity (Wildman–Crippen MR) is 60.2 cm³/mol. The van der Waals surface area contributed by atoms with Gasteiger partial charge < -0.3 is 4.42 Å². The summed E-state index contributed by atoms with van der Waals surface area (Å²) in [5.74, 6) is -0.304. The van der Waals surface area contributed by atoms with Gasteiger partial charge in [0, 0.05) is 9.86 Å². The van der Waals surface area contributed by atoms with Gasteiger partial charge in [-0.2, -0.15) is 0 Å². The van der Waals surface area contributed by atoms with E-state index >= 15 is 0 Å². The Bertz CT molecular complexity index is 598. The highest BCUT2D eigenvalue weighted by Crippen LogP contribution is 2.25. The molecular weight excluding hydrogens is 260 g/mol. The molecule has 0 amide bonds. The van der Waals surface area contributed by atoms with E-state index in [1.807, 2.05) is 6.07 Å². The standard InChI is InChI=1S/C11H7BrO3/c1-6(13)9-10(12)7-4-2-3-5-8(7)15-11(9)14/h2-5H,1H3. The summed E-state index contributed by atoms with van der Waals surface area (Å²) in [6, 6.07) is 7.06. The largest absolute Gasteiger partial charge is 0.422 e. The molecular formula is C11H7BrO3. The normalized spacial score (nSPS) is 10.5. The van der Waals surface area contributed by atoms with Crippen LogP contribution in [0.3, 0.4) is 0 Å². The second-order valence-electron chi connectivity index (χ2n) is 3.13. The second-order valence-corrected chi connectivity index (χ2v) is 3.92. The Morgan fingerprint density at radius 2 is 2.00 bits per heavy atom. The Morgan fingerprint density at radius 1 is 1.33 bits per heavy atom. The highest BCUT2D eigenvalue weighted by Gasteiger charge is 2.15. The monoisotopic (exact) mass is 266 g/mol. The van der Waals surface area contributed by atoms with Crippen LogP contribution in [0, 0.1) is 0 Å². The molecule has 0 unspecified atom stereocenters. The van der Waals surface area contributed by atoms with Crippen molar-refractivity contribution >= 4 is 32.7 Å². The number of para-hydroxylation sites is 1. The summed E-state index contributed by atoms with van der Waals surface area (Å²) in [7, 11) is 0. The molecule has 0 radical (unpaired) electrons. The minimum absolute atomic E-state index is 0.0636. The number of carbonyl (C=O) groups is 1. The average Bonchev–Trinajstić information content (AvgIpc) is 2.17. The van der Waals surface area contributed by atoms with Crippen molar-refractivity contribution in [1.29, 1.82) is 0 Å². The van der Waals surface area contributed by atoms with Gasteiger partial charge in [0.05, 0.1) is 0 Å². The topological polar surface area (TPSA) is 47.3 Å². The van der Waals surface area contributed by atoms with Crippen LogP contribution < -0.4 is 5.63 Å². The number of hydrogen-bond acceptors (Lipinski definition) is 3. The van der Waals surface area contributed by atoms with Crippen molar-refractivity contribution < 1.29 is 9.21 Å². The Labute approximate surface area is 93.8 Å². The van der Waals surface area contributed by atoms with Gasteiger partial charge in [-0.15, -0.1) is 0 Å². The lowest BCUT2D eigenvalue weighted by Gasteiger charge is -2.02. The van der Waals surface area contributed by atoms with E-state index in [9.17, 15) is 9.59 Å². The van der Waals surface area contributed by atoms with E-state index in [1.54, 1.807) is 18.2 Å². The summed E-state index contributed by atoms with van der Waals surface area (Å²) in [6.07, 6.45) is 0. The Kier molecular flexibility index (Phi) is 2.44. The lowest BCUT2D eigenvalue weighted by Crippen LogP contribution is -2.12. The van der Waals surface area contributed by atoms with Crippen LogP contribution in [-0.2, 0) is 0 Å². The molecule has 1 aromatic carbocycles. The molecule has 0 aliphatic heterocycles. The van der Waals surface area contributed by atoms with Crippen molar-refractivity contribution in [1.82, 2.24) is 0 Å². The van der Waals surface area contributed by atoms with E-state index in [4.69, 9.17) is 4.42 Å². The Balaban J connectivity index is 2.97. The molecule has 0 aliphatic rings. The first-order valence-corrected chi connectivity index (χ1v) is 5.13. The van der Waals surface area contributed by atoms with Gasteiger partial charge in [-0.05, 0) is 28.9 Å². The molecule has 1 heterocycles. The lowest BCUT2D eigenvalue weighted by atomic mass is 10.1. The zero-order valence-electron chi connectivity index (χ0n) is 7.91. The third-order valence-corrected chi connectivity index (χ3v) is 2.93. The van der Waals surface area contributed by atoms with Crippen molar-refractivity contribution in [3.8, 4) is 0 Å². The van der Waals surface area contributed by atoms with Gasteiger partial charge in [0.1, 0.15) is 11.1 Å². The molecule has 0 atom stereocenters. The predicted octanol–water partition coefficient (Wildman–Crippen LogP) is 2.76. The maximum Gasteiger partial charge on any atom is 0.348 e. The molecule has 0 bridgehead atoms. The smallest absolute Gasteiger partial charge is 0.348 e. The molecule has 0 fully saturated rings. The van der Waals surface area contributed by atoms with E-state index < -0.39 is 5.63 Å². The molecule has 3 nitrogen and oxygen atoms in total. The van der Waals surface area contributed by atoms with Crippen LogP contribution in [0.15, 0.2) is 37.9 Å². The third-order valence-electron chi connectivity index (χ3n) is 2.10. The SMILES string of the molecule is CC(=O)c1c(Br)c2ccccc2oc1=O. The highest BCUT2D eigenvalue weighted by atomic mass is 79.9. The molecule has 76 valence electrons. The summed E-state index contributed by atoms with van der Waals surface area (Å²) in [6.45, 7) is 1.34. The first kappa shape index (κ1) is 10.1. The lowest BCUT2D eigenvalue weighted by molar-refractivity contribution is 0.101. The van der Waals surface area contributed by atoms with E-state index in [-0.39, 0.29) is 11.3 Å². The van der Waals surface area contributed by atoms with Crippen molar-refractivity contribution in [2.45, 2.75) is 6.92 Å². The fraction of sp³-hybridized carbons (Fsp3) is 0.0909. The molecule has 2 aromatic rings. The number of halogens is 1. The van der Waals surface area contributed by atoms with E-state index in [0.717, 1.165) is 5.39 Å². The third kappa shape index (κ3) is 1.61. The van der Waals surface area contributed by atoms with Crippen molar-refractivity contribution in [3.05, 3.63) is 44.7 Å². The van der Waals surface area contributed by atoms with Crippen LogP contribution in [0.1, 0.15) is 17.3 Å². The maximum atomic E-state index is 11.5.